The minimum atomic E-state index is 0.396. The molecule has 18 heavy (non-hydrogen) atoms. The van der Waals surface area contributed by atoms with Gasteiger partial charge in [-0.1, -0.05) is 26.0 Å². The molecule has 1 fully saturated rings. The van der Waals surface area contributed by atoms with Crippen molar-refractivity contribution in [1.29, 1.82) is 0 Å². The van der Waals surface area contributed by atoms with E-state index in [-0.39, 0.29) is 0 Å². The number of piperazine rings is 1. The van der Waals surface area contributed by atoms with Gasteiger partial charge in [-0.15, -0.1) is 0 Å². The van der Waals surface area contributed by atoms with Crippen molar-refractivity contribution in [3.63, 3.8) is 0 Å². The Kier molecular flexibility index (Phi) is 4.48. The zero-order valence-electron chi connectivity index (χ0n) is 11.5. The van der Waals surface area contributed by atoms with Crippen molar-refractivity contribution in [3.05, 3.63) is 24.3 Å². The number of aromatic hydroxyl groups is 1. The van der Waals surface area contributed by atoms with Crippen LogP contribution in [0.25, 0.3) is 0 Å². The first kappa shape index (κ1) is 13.2. The van der Waals surface area contributed by atoms with E-state index in [9.17, 15) is 5.11 Å². The van der Waals surface area contributed by atoms with E-state index in [2.05, 4.69) is 23.6 Å². The summed E-state index contributed by atoms with van der Waals surface area (Å²) in [6.45, 7) is 9.97. The van der Waals surface area contributed by atoms with Crippen LogP contribution in [0.15, 0.2) is 24.3 Å². The molecule has 3 nitrogen and oxygen atoms in total. The number of para-hydroxylation sites is 2. The molecule has 0 radical (unpaired) electrons. The monoisotopic (exact) mass is 248 g/mol. The van der Waals surface area contributed by atoms with Crippen LogP contribution in [0.2, 0.25) is 0 Å². The second-order valence-electron chi connectivity index (χ2n) is 5.50. The van der Waals surface area contributed by atoms with Crippen LogP contribution >= 0.6 is 0 Å². The summed E-state index contributed by atoms with van der Waals surface area (Å²) in [4.78, 5) is 4.80. The SMILES string of the molecule is CC(C)CCN1CCN(c2ccccc2O)CC1. The fourth-order valence-electron chi connectivity index (χ4n) is 2.38. The van der Waals surface area contributed by atoms with Crippen molar-refractivity contribution in [1.82, 2.24) is 4.90 Å². The third-order valence-electron chi connectivity index (χ3n) is 3.62. The van der Waals surface area contributed by atoms with E-state index in [1.54, 1.807) is 6.07 Å². The van der Waals surface area contributed by atoms with E-state index >= 15 is 0 Å². The van der Waals surface area contributed by atoms with E-state index < -0.39 is 0 Å². The number of hydrogen-bond donors (Lipinski definition) is 1. The van der Waals surface area contributed by atoms with Crippen LogP contribution in [0, 0.1) is 5.92 Å². The molecule has 100 valence electrons. The predicted molar refractivity (Wildman–Crippen MR) is 76.2 cm³/mol. The normalized spacial score (nSPS) is 17.4. The molecular weight excluding hydrogens is 224 g/mol. The third kappa shape index (κ3) is 3.39. The lowest BCUT2D eigenvalue weighted by Gasteiger charge is -2.36. The molecule has 0 aliphatic carbocycles. The Morgan fingerprint density at radius 1 is 1.11 bits per heavy atom. The third-order valence-corrected chi connectivity index (χ3v) is 3.62. The fourth-order valence-corrected chi connectivity index (χ4v) is 2.38. The largest absolute Gasteiger partial charge is 0.506 e. The number of anilines is 1. The van der Waals surface area contributed by atoms with Crippen molar-refractivity contribution >= 4 is 5.69 Å². The summed E-state index contributed by atoms with van der Waals surface area (Å²) in [6, 6.07) is 7.62. The highest BCUT2D eigenvalue weighted by Crippen LogP contribution is 2.27. The van der Waals surface area contributed by atoms with Crippen molar-refractivity contribution in [3.8, 4) is 5.75 Å². The van der Waals surface area contributed by atoms with Crippen LogP contribution < -0.4 is 4.90 Å². The second kappa shape index (κ2) is 6.10. The van der Waals surface area contributed by atoms with Crippen LogP contribution in [0.1, 0.15) is 20.3 Å². The first-order valence-electron chi connectivity index (χ1n) is 6.92. The van der Waals surface area contributed by atoms with E-state index in [1.165, 1.54) is 13.0 Å². The highest BCUT2D eigenvalue weighted by atomic mass is 16.3. The Labute approximate surface area is 110 Å². The summed E-state index contributed by atoms with van der Waals surface area (Å²) < 4.78 is 0. The molecule has 1 aromatic rings. The van der Waals surface area contributed by atoms with Crippen LogP contribution in [-0.4, -0.2) is 42.7 Å². The molecule has 0 spiro atoms. The summed E-state index contributed by atoms with van der Waals surface area (Å²) in [5, 5.41) is 9.85. The molecule has 1 heterocycles. The Morgan fingerprint density at radius 2 is 1.78 bits per heavy atom. The topological polar surface area (TPSA) is 26.7 Å². The van der Waals surface area contributed by atoms with Gasteiger partial charge in [0.05, 0.1) is 5.69 Å². The smallest absolute Gasteiger partial charge is 0.138 e. The molecule has 0 amide bonds. The van der Waals surface area contributed by atoms with Gasteiger partial charge in [-0.05, 0) is 31.0 Å². The maximum atomic E-state index is 9.85. The number of phenols is 1. The molecule has 1 aliphatic heterocycles. The molecule has 0 aromatic heterocycles. The van der Waals surface area contributed by atoms with Crippen molar-refractivity contribution in [2.24, 2.45) is 5.92 Å². The highest BCUT2D eigenvalue weighted by Gasteiger charge is 2.18. The number of nitrogens with zero attached hydrogens (tertiary/aromatic N) is 2. The van der Waals surface area contributed by atoms with Crippen molar-refractivity contribution < 1.29 is 5.11 Å². The summed E-state index contributed by atoms with van der Waals surface area (Å²) in [5.41, 5.74) is 0.973. The van der Waals surface area contributed by atoms with Gasteiger partial charge in [0.1, 0.15) is 5.75 Å². The molecule has 0 bridgehead atoms. The molecular formula is C15H24N2O. The lowest BCUT2D eigenvalue weighted by molar-refractivity contribution is 0.243. The van der Waals surface area contributed by atoms with Gasteiger partial charge in [-0.25, -0.2) is 0 Å². The Hall–Kier alpha value is -1.22. The summed E-state index contributed by atoms with van der Waals surface area (Å²) in [6.07, 6.45) is 1.27. The Balaban J connectivity index is 1.85. The highest BCUT2D eigenvalue weighted by molar-refractivity contribution is 5.57. The van der Waals surface area contributed by atoms with Gasteiger partial charge in [0.2, 0.25) is 0 Å². The number of phenolic OH excluding ortho intramolecular Hbond substituents is 1. The molecule has 2 rings (SSSR count). The lowest BCUT2D eigenvalue weighted by Crippen LogP contribution is -2.46. The summed E-state index contributed by atoms with van der Waals surface area (Å²) in [7, 11) is 0. The molecule has 0 saturated carbocycles. The minimum absolute atomic E-state index is 0.396. The molecule has 1 N–H and O–H groups in total. The van der Waals surface area contributed by atoms with Gasteiger partial charge in [-0.2, -0.15) is 0 Å². The molecule has 1 aromatic carbocycles. The number of rotatable bonds is 4. The summed E-state index contributed by atoms with van der Waals surface area (Å²) in [5.74, 6) is 1.18. The van der Waals surface area contributed by atoms with E-state index in [0.29, 0.717) is 5.75 Å². The Morgan fingerprint density at radius 3 is 2.39 bits per heavy atom. The predicted octanol–water partition coefficient (Wildman–Crippen LogP) is 2.56. The minimum Gasteiger partial charge on any atom is -0.506 e. The molecule has 1 saturated heterocycles. The quantitative estimate of drug-likeness (QED) is 0.887. The average Bonchev–Trinajstić information content (AvgIpc) is 2.38. The van der Waals surface area contributed by atoms with Crippen LogP contribution in [0.3, 0.4) is 0 Å². The fraction of sp³-hybridized carbons (Fsp3) is 0.600. The van der Waals surface area contributed by atoms with E-state index in [1.807, 2.05) is 18.2 Å². The van der Waals surface area contributed by atoms with E-state index in [4.69, 9.17) is 0 Å². The second-order valence-corrected chi connectivity index (χ2v) is 5.50. The van der Waals surface area contributed by atoms with Crippen LogP contribution in [0.4, 0.5) is 5.69 Å². The zero-order chi connectivity index (χ0) is 13.0. The summed E-state index contributed by atoms with van der Waals surface area (Å²) >= 11 is 0. The van der Waals surface area contributed by atoms with Crippen LogP contribution in [0.5, 0.6) is 5.75 Å². The first-order valence-corrected chi connectivity index (χ1v) is 6.92. The van der Waals surface area contributed by atoms with Gasteiger partial charge < -0.3 is 10.0 Å². The molecule has 0 unspecified atom stereocenters. The first-order chi connectivity index (χ1) is 8.66. The maximum Gasteiger partial charge on any atom is 0.138 e. The Bertz CT molecular complexity index is 371. The van der Waals surface area contributed by atoms with Crippen molar-refractivity contribution in [2.75, 3.05) is 37.6 Å². The molecule has 0 atom stereocenters. The standard InChI is InChI=1S/C15H24N2O/c1-13(2)7-8-16-9-11-17(12-10-16)14-5-3-4-6-15(14)18/h3-6,13,18H,7-12H2,1-2H3. The van der Waals surface area contributed by atoms with Crippen molar-refractivity contribution in [2.45, 2.75) is 20.3 Å². The van der Waals surface area contributed by atoms with Gasteiger partial charge in [0.25, 0.3) is 0 Å². The van der Waals surface area contributed by atoms with Gasteiger partial charge in [0, 0.05) is 26.2 Å². The average molecular weight is 248 g/mol. The van der Waals surface area contributed by atoms with Gasteiger partial charge >= 0.3 is 0 Å². The number of hydrogen-bond acceptors (Lipinski definition) is 3. The molecule has 1 aliphatic rings. The van der Waals surface area contributed by atoms with Gasteiger partial charge in [0.15, 0.2) is 0 Å². The van der Waals surface area contributed by atoms with E-state index in [0.717, 1.165) is 37.8 Å². The zero-order valence-corrected chi connectivity index (χ0v) is 11.5. The maximum absolute atomic E-state index is 9.85. The molecule has 3 heteroatoms. The van der Waals surface area contributed by atoms with Crippen LogP contribution in [-0.2, 0) is 0 Å². The van der Waals surface area contributed by atoms with Gasteiger partial charge in [-0.3, -0.25) is 4.90 Å². The lowest BCUT2D eigenvalue weighted by atomic mass is 10.1. The number of benzene rings is 1.